The molecule has 0 saturated heterocycles. The van der Waals surface area contributed by atoms with Crippen LogP contribution in [0.1, 0.15) is 0 Å². The molecular weight excluding hydrogens is 432 g/mol. The van der Waals surface area contributed by atoms with Crippen LogP contribution in [-0.4, -0.2) is 0 Å². The Morgan fingerprint density at radius 2 is 0.400 bits per heavy atom. The summed E-state index contributed by atoms with van der Waals surface area (Å²) in [6.07, 6.45) is 0. The van der Waals surface area contributed by atoms with Crippen molar-refractivity contribution in [2.45, 2.75) is 0 Å². The van der Waals surface area contributed by atoms with Crippen molar-refractivity contribution in [1.29, 1.82) is 0 Å². The van der Waals surface area contributed by atoms with Crippen molar-refractivity contribution in [1.82, 2.24) is 0 Å². The molecule has 0 saturated carbocycles. The van der Waals surface area contributed by atoms with Gasteiger partial charge in [0.25, 0.3) is 0 Å². The molecule has 0 amide bonds. The Bertz CT molecular complexity index is 4.85. The monoisotopic (exact) mass is 434 g/mol. The third kappa shape index (κ3) is 37.7. The van der Waals surface area contributed by atoms with Crippen LogP contribution < -0.4 is 0 Å². The third-order valence-corrected chi connectivity index (χ3v) is 0. The van der Waals surface area contributed by atoms with E-state index in [1.54, 1.807) is 0 Å². The van der Waals surface area contributed by atoms with Crippen LogP contribution in [0.3, 0.4) is 0 Å². The normalized spacial score (nSPS) is 0. The van der Waals surface area contributed by atoms with E-state index >= 15 is 0 Å². The van der Waals surface area contributed by atoms with E-state index in [1.807, 2.05) is 0 Å². The van der Waals surface area contributed by atoms with Gasteiger partial charge in [-0.3, -0.25) is 0 Å². The molecular formula is Ir2O3. The fourth-order valence-corrected chi connectivity index (χ4v) is 0. The smallest absolute Gasteiger partial charge is 2.00 e. The van der Waals surface area contributed by atoms with Crippen LogP contribution in [0.15, 0.2) is 0 Å². The van der Waals surface area contributed by atoms with Gasteiger partial charge in [-0.1, -0.05) is 0 Å². The zero-order chi connectivity index (χ0) is 0. The molecule has 0 radical (unpaired) electrons. The molecule has 0 spiro atoms. The molecule has 0 heterocycles. The zero-order valence-electron chi connectivity index (χ0n) is 1.89. The summed E-state index contributed by atoms with van der Waals surface area (Å²) in [6.45, 7) is 0. The van der Waals surface area contributed by atoms with Gasteiger partial charge in [0.05, 0.1) is 0 Å². The second kappa shape index (κ2) is 65.1. The van der Waals surface area contributed by atoms with Crippen LogP contribution >= 0.6 is 0 Å². The summed E-state index contributed by atoms with van der Waals surface area (Å²) in [5.74, 6) is 0. The summed E-state index contributed by atoms with van der Waals surface area (Å²) < 4.78 is 0. The molecule has 36 valence electrons. The molecule has 0 unspecified atom stereocenters. The first-order chi connectivity index (χ1) is 0. The number of hydrogen-bond donors (Lipinski definition) is 0. The molecule has 0 aromatic heterocycles. The number of hydrogen-bond acceptors (Lipinski definition) is 0. The van der Waals surface area contributed by atoms with Gasteiger partial charge < -0.3 is 16.4 Å². The molecule has 0 aliphatic carbocycles. The molecule has 0 aromatic rings. The van der Waals surface area contributed by atoms with E-state index in [1.165, 1.54) is 0 Å². The molecule has 0 atom stereocenters. The maximum atomic E-state index is 0. The van der Waals surface area contributed by atoms with E-state index in [9.17, 15) is 0 Å². The van der Waals surface area contributed by atoms with Gasteiger partial charge in [-0.25, -0.2) is 0 Å². The van der Waals surface area contributed by atoms with Gasteiger partial charge in [-0.15, -0.1) is 0 Å². The first-order valence-electron chi connectivity index (χ1n) is 0. The van der Waals surface area contributed by atoms with Crippen molar-refractivity contribution in [3.63, 3.8) is 0 Å². The van der Waals surface area contributed by atoms with Gasteiger partial charge >= 0.3 is 40.2 Å². The van der Waals surface area contributed by atoms with Gasteiger partial charge in [0.1, 0.15) is 0 Å². The average Bonchev–Trinajstić information content (AvgIpc) is 0. The predicted molar refractivity (Wildman–Crippen MR) is 2.06 cm³/mol. The van der Waals surface area contributed by atoms with Crippen molar-refractivity contribution in [2.75, 3.05) is 0 Å². The minimum Gasteiger partial charge on any atom is -2.00 e. The second-order valence-electron chi connectivity index (χ2n) is 0. The summed E-state index contributed by atoms with van der Waals surface area (Å²) in [7, 11) is 0. The molecule has 5 heteroatoms. The van der Waals surface area contributed by atoms with E-state index in [-0.39, 0.29) is 56.6 Å². The molecule has 0 fully saturated rings. The summed E-state index contributed by atoms with van der Waals surface area (Å²) in [5, 5.41) is 0. The van der Waals surface area contributed by atoms with Gasteiger partial charge in [0.2, 0.25) is 0 Å². The number of rotatable bonds is 0. The standard InChI is InChI=1S/2Ir.3O/q2*+3;3*-2. The average molecular weight is 432 g/mol. The van der Waals surface area contributed by atoms with Crippen LogP contribution in [0, 0.1) is 0 Å². The molecule has 0 aliphatic heterocycles. The Kier molecular flexibility index (Phi) is 1550. The van der Waals surface area contributed by atoms with Crippen LogP contribution in [0.2, 0.25) is 0 Å². The molecule has 0 rings (SSSR count). The largest absolute Gasteiger partial charge is 3.00 e. The van der Waals surface area contributed by atoms with Crippen LogP contribution in [0.5, 0.6) is 0 Å². The molecule has 0 bridgehead atoms. The zero-order valence-corrected chi connectivity index (χ0v) is 6.68. The first-order valence-corrected chi connectivity index (χ1v) is 0. The molecule has 0 aromatic carbocycles. The van der Waals surface area contributed by atoms with E-state index in [2.05, 4.69) is 0 Å². The minimum atomic E-state index is 0. The maximum Gasteiger partial charge on any atom is 3.00 e. The molecule has 3 nitrogen and oxygen atoms in total. The van der Waals surface area contributed by atoms with E-state index in [0.717, 1.165) is 0 Å². The summed E-state index contributed by atoms with van der Waals surface area (Å²) in [4.78, 5) is 0. The Balaban J connectivity index is 0. The fourth-order valence-electron chi connectivity index (χ4n) is 0. The second-order valence-corrected chi connectivity index (χ2v) is 0. The Morgan fingerprint density at radius 1 is 0.400 bits per heavy atom. The summed E-state index contributed by atoms with van der Waals surface area (Å²) in [6, 6.07) is 0. The van der Waals surface area contributed by atoms with Crippen LogP contribution in [-0.2, 0) is 56.6 Å². The van der Waals surface area contributed by atoms with Crippen molar-refractivity contribution < 1.29 is 56.6 Å². The maximum absolute atomic E-state index is 0. The van der Waals surface area contributed by atoms with Crippen LogP contribution in [0.4, 0.5) is 0 Å². The van der Waals surface area contributed by atoms with Gasteiger partial charge in [0, 0.05) is 0 Å². The minimum absolute atomic E-state index is 0. The van der Waals surface area contributed by atoms with Crippen molar-refractivity contribution in [2.24, 2.45) is 0 Å². The molecule has 0 aliphatic rings. The topological polar surface area (TPSA) is 85.5 Å². The quantitative estimate of drug-likeness (QED) is 0.501. The SMILES string of the molecule is [Ir+3].[Ir+3].[O-2].[O-2].[O-2]. The Labute approximate surface area is 56.8 Å². The van der Waals surface area contributed by atoms with Crippen molar-refractivity contribution >= 4 is 0 Å². The van der Waals surface area contributed by atoms with Gasteiger partial charge in [-0.2, -0.15) is 0 Å². The van der Waals surface area contributed by atoms with Crippen molar-refractivity contribution in [3.8, 4) is 0 Å². The van der Waals surface area contributed by atoms with Crippen molar-refractivity contribution in [3.05, 3.63) is 0 Å². The molecule has 0 N–H and O–H groups in total. The summed E-state index contributed by atoms with van der Waals surface area (Å²) in [5.41, 5.74) is 0. The van der Waals surface area contributed by atoms with Crippen LogP contribution in [0.25, 0.3) is 0 Å². The van der Waals surface area contributed by atoms with E-state index < -0.39 is 0 Å². The van der Waals surface area contributed by atoms with Gasteiger partial charge in [-0.05, 0) is 0 Å². The third-order valence-electron chi connectivity index (χ3n) is 0. The van der Waals surface area contributed by atoms with E-state index in [0.29, 0.717) is 0 Å². The first kappa shape index (κ1) is 119. The fraction of sp³-hybridized carbons (Fsp3) is 0. The summed E-state index contributed by atoms with van der Waals surface area (Å²) >= 11 is 0. The van der Waals surface area contributed by atoms with E-state index in [4.69, 9.17) is 0 Å². The Morgan fingerprint density at radius 3 is 0.400 bits per heavy atom. The van der Waals surface area contributed by atoms with Gasteiger partial charge in [0.15, 0.2) is 0 Å². The predicted octanol–water partition coefficient (Wildman–Crippen LogP) is -0.361. The molecule has 5 heavy (non-hydrogen) atoms. The Hall–Kier alpha value is 1.18.